The van der Waals surface area contributed by atoms with Crippen LogP contribution in [-0.4, -0.2) is 33.9 Å². The van der Waals surface area contributed by atoms with Gasteiger partial charge in [0.25, 0.3) is 5.78 Å². The van der Waals surface area contributed by atoms with E-state index in [9.17, 15) is 14.7 Å². The van der Waals surface area contributed by atoms with Gasteiger partial charge in [-0.25, -0.2) is 4.98 Å². The van der Waals surface area contributed by atoms with Gasteiger partial charge in [0.1, 0.15) is 23.3 Å². The van der Waals surface area contributed by atoms with Crippen LogP contribution in [0.5, 0.6) is 5.75 Å². The van der Waals surface area contributed by atoms with Crippen LogP contribution in [0.3, 0.4) is 0 Å². The fourth-order valence-corrected chi connectivity index (χ4v) is 4.75. The van der Waals surface area contributed by atoms with Crippen molar-refractivity contribution in [3.63, 3.8) is 0 Å². The predicted molar refractivity (Wildman–Crippen MR) is 132 cm³/mol. The molecule has 4 aromatic rings. The number of Topliss-reactive ketones (excluding diaryl/α,β-unsaturated/α-hetero) is 1. The summed E-state index contributed by atoms with van der Waals surface area (Å²) < 4.78 is 11.0. The molecule has 3 heterocycles. The number of furan rings is 1. The van der Waals surface area contributed by atoms with Gasteiger partial charge in [-0.15, -0.1) is 0 Å². The lowest BCUT2D eigenvalue weighted by molar-refractivity contribution is -0.132. The second-order valence-electron chi connectivity index (χ2n) is 8.53. The first kappa shape index (κ1) is 22.7. The Bertz CT molecular complexity index is 1500. The summed E-state index contributed by atoms with van der Waals surface area (Å²) >= 11 is 6.33. The zero-order valence-electron chi connectivity index (χ0n) is 19.5. The number of methoxy groups -OCH3 is 1. The van der Waals surface area contributed by atoms with Gasteiger partial charge in [-0.1, -0.05) is 11.6 Å². The zero-order chi connectivity index (χ0) is 25.0. The van der Waals surface area contributed by atoms with Crippen LogP contribution in [0.4, 0.5) is 5.95 Å². The topological polar surface area (TPSA) is 109 Å². The average molecular weight is 492 g/mol. The molecule has 1 unspecified atom stereocenters. The highest BCUT2D eigenvalue weighted by molar-refractivity contribution is 6.51. The highest BCUT2D eigenvalue weighted by atomic mass is 35.5. The minimum atomic E-state index is -1.06. The molecule has 0 aliphatic carbocycles. The Hall–Kier alpha value is -4.04. The number of nitrogens with zero attached hydrogens (tertiary/aromatic N) is 2. The molecule has 8 nitrogen and oxygen atoms in total. The maximum absolute atomic E-state index is 13.3. The second-order valence-corrected chi connectivity index (χ2v) is 8.93. The van der Waals surface area contributed by atoms with Crippen molar-refractivity contribution in [3.05, 3.63) is 81.3 Å². The molecule has 2 aromatic heterocycles. The number of carbonyl (C=O) groups is 2. The Balaban J connectivity index is 1.75. The number of aromatic nitrogens is 2. The van der Waals surface area contributed by atoms with Crippen molar-refractivity contribution in [2.45, 2.75) is 26.8 Å². The van der Waals surface area contributed by atoms with Crippen molar-refractivity contribution >= 4 is 46.0 Å². The molecule has 0 saturated carbocycles. The van der Waals surface area contributed by atoms with Crippen LogP contribution in [-0.2, 0) is 9.59 Å². The first-order chi connectivity index (χ1) is 16.7. The van der Waals surface area contributed by atoms with E-state index >= 15 is 0 Å². The van der Waals surface area contributed by atoms with E-state index in [1.165, 1.54) is 18.3 Å². The van der Waals surface area contributed by atoms with E-state index in [0.29, 0.717) is 5.52 Å². The predicted octanol–water partition coefficient (Wildman–Crippen LogP) is 5.37. The third-order valence-corrected chi connectivity index (χ3v) is 6.50. The number of aliphatic hydroxyl groups is 1. The number of hydrogen-bond acceptors (Lipinski definition) is 6. The number of rotatable bonds is 4. The number of nitrogens with one attached hydrogen (secondary N) is 1. The number of carbonyl (C=O) groups excluding carboxylic acids is 2. The molecule has 0 bridgehead atoms. The number of fused-ring (bicyclic) bond motifs is 1. The quantitative estimate of drug-likeness (QED) is 0.226. The van der Waals surface area contributed by atoms with Gasteiger partial charge in [-0.05, 0) is 73.9 Å². The molecule has 1 saturated heterocycles. The van der Waals surface area contributed by atoms with Crippen LogP contribution in [0.15, 0.2) is 52.7 Å². The largest absolute Gasteiger partial charge is 0.507 e. The number of aliphatic hydroxyl groups excluding tert-OH is 1. The highest BCUT2D eigenvalue weighted by Gasteiger charge is 2.49. The summed E-state index contributed by atoms with van der Waals surface area (Å²) in [6.45, 7) is 5.74. The molecule has 178 valence electrons. The third-order valence-electron chi connectivity index (χ3n) is 6.22. The molecule has 0 spiro atoms. The number of hydrogen-bond donors (Lipinski definition) is 2. The Morgan fingerprint density at radius 2 is 1.91 bits per heavy atom. The van der Waals surface area contributed by atoms with Crippen LogP contribution in [0.25, 0.3) is 16.8 Å². The Kier molecular flexibility index (Phi) is 5.40. The Morgan fingerprint density at radius 1 is 1.17 bits per heavy atom. The Labute approximate surface area is 205 Å². The fraction of sp³-hybridized carbons (Fsp3) is 0.192. The summed E-state index contributed by atoms with van der Waals surface area (Å²) in [5, 5.41) is 11.6. The Morgan fingerprint density at radius 3 is 2.60 bits per heavy atom. The van der Waals surface area contributed by atoms with E-state index in [1.807, 2.05) is 26.0 Å². The maximum atomic E-state index is 13.3. The lowest BCUT2D eigenvalue weighted by Crippen LogP contribution is -2.30. The number of aryl methyl sites for hydroxylation is 3. The van der Waals surface area contributed by atoms with E-state index < -0.39 is 23.5 Å². The van der Waals surface area contributed by atoms with Gasteiger partial charge in [0.05, 0.1) is 40.6 Å². The minimum absolute atomic E-state index is 0.155. The number of amides is 1. The van der Waals surface area contributed by atoms with Crippen molar-refractivity contribution in [2.24, 2.45) is 0 Å². The smallest absolute Gasteiger partial charge is 0.302 e. The number of benzene rings is 2. The zero-order valence-corrected chi connectivity index (χ0v) is 20.2. The van der Waals surface area contributed by atoms with Gasteiger partial charge in [-0.2, -0.15) is 0 Å². The van der Waals surface area contributed by atoms with Crippen molar-refractivity contribution in [1.29, 1.82) is 0 Å². The molecule has 0 radical (unpaired) electrons. The summed E-state index contributed by atoms with van der Waals surface area (Å²) in [7, 11) is 1.41. The molecule has 1 atom stereocenters. The molecule has 35 heavy (non-hydrogen) atoms. The number of ketones is 1. The van der Waals surface area contributed by atoms with Gasteiger partial charge in [0, 0.05) is 0 Å². The van der Waals surface area contributed by atoms with E-state index in [-0.39, 0.29) is 33.6 Å². The van der Waals surface area contributed by atoms with Crippen LogP contribution < -0.4 is 9.64 Å². The van der Waals surface area contributed by atoms with Crippen molar-refractivity contribution in [1.82, 2.24) is 9.97 Å². The van der Waals surface area contributed by atoms with Crippen LogP contribution in [0, 0.1) is 20.8 Å². The van der Waals surface area contributed by atoms with Crippen molar-refractivity contribution in [2.75, 3.05) is 12.0 Å². The average Bonchev–Trinajstić information content (AvgIpc) is 3.52. The number of aromatic amines is 1. The summed E-state index contributed by atoms with van der Waals surface area (Å²) in [6, 6.07) is 9.37. The van der Waals surface area contributed by atoms with Crippen molar-refractivity contribution < 1.29 is 23.8 Å². The molecular formula is C26H22ClN3O5. The summed E-state index contributed by atoms with van der Waals surface area (Å²) in [5.74, 6) is -1.50. The first-order valence-electron chi connectivity index (χ1n) is 10.9. The van der Waals surface area contributed by atoms with E-state index in [2.05, 4.69) is 9.97 Å². The number of H-pyrrole nitrogens is 1. The molecule has 1 amide bonds. The molecule has 2 aromatic carbocycles. The van der Waals surface area contributed by atoms with Gasteiger partial charge < -0.3 is 19.2 Å². The van der Waals surface area contributed by atoms with Gasteiger partial charge in [-0.3, -0.25) is 14.5 Å². The lowest BCUT2D eigenvalue weighted by atomic mass is 9.98. The van der Waals surface area contributed by atoms with Crippen LogP contribution in [0.1, 0.15) is 34.1 Å². The monoisotopic (exact) mass is 491 g/mol. The molecule has 9 heteroatoms. The summed E-state index contributed by atoms with van der Waals surface area (Å²) in [5.41, 5.74) is 4.25. The van der Waals surface area contributed by atoms with Crippen LogP contribution >= 0.6 is 11.6 Å². The molecular weight excluding hydrogens is 470 g/mol. The van der Waals surface area contributed by atoms with Gasteiger partial charge >= 0.3 is 5.91 Å². The highest BCUT2D eigenvalue weighted by Crippen LogP contribution is 2.44. The number of ether oxygens (including phenoxy) is 1. The molecule has 1 fully saturated rings. The molecule has 1 aliphatic rings. The number of halogens is 1. The second kappa shape index (κ2) is 8.32. The lowest BCUT2D eigenvalue weighted by Gasteiger charge is -2.21. The van der Waals surface area contributed by atoms with E-state index in [4.69, 9.17) is 20.8 Å². The van der Waals surface area contributed by atoms with Crippen molar-refractivity contribution in [3.8, 4) is 5.75 Å². The summed E-state index contributed by atoms with van der Waals surface area (Å²) in [6.07, 6.45) is 1.44. The number of anilines is 1. The maximum Gasteiger partial charge on any atom is 0.302 e. The third kappa shape index (κ3) is 3.57. The SMILES string of the molecule is COc1c(Cl)cc(C)cc1/C(O)=C1\C(=O)C(=O)N(c2nc3cc(C)c(C)cc3[nH]2)C1c1ccco1. The standard InChI is InChI=1S/C26H22ClN3O5/c1-12-8-15(24(34-4)16(27)9-12)22(31)20-21(19-6-5-7-35-19)30(25(33)23(20)32)26-28-17-10-13(2)14(3)11-18(17)29-26/h5-11,21,31H,1-4H3,(H,28,29)/b22-20+. The molecule has 1 aliphatic heterocycles. The minimum Gasteiger partial charge on any atom is -0.507 e. The van der Waals surface area contributed by atoms with Crippen LogP contribution in [0.2, 0.25) is 5.02 Å². The molecule has 5 rings (SSSR count). The van der Waals surface area contributed by atoms with E-state index in [1.54, 1.807) is 31.2 Å². The summed E-state index contributed by atoms with van der Waals surface area (Å²) in [4.78, 5) is 35.6. The van der Waals surface area contributed by atoms with Gasteiger partial charge in [0.2, 0.25) is 5.95 Å². The fourth-order valence-electron chi connectivity index (χ4n) is 4.39. The molecule has 2 N–H and O–H groups in total. The number of imidazole rings is 1. The van der Waals surface area contributed by atoms with E-state index in [0.717, 1.165) is 22.2 Å². The first-order valence-corrected chi connectivity index (χ1v) is 11.2. The van der Waals surface area contributed by atoms with Gasteiger partial charge in [0.15, 0.2) is 0 Å². The normalized spacial score (nSPS) is 17.5.